The van der Waals surface area contributed by atoms with Crippen LogP contribution < -0.4 is 4.74 Å². The maximum absolute atomic E-state index is 11.3. The quantitative estimate of drug-likeness (QED) is 0.918. The van der Waals surface area contributed by atoms with Crippen molar-refractivity contribution >= 4 is 5.97 Å². The second-order valence-corrected chi connectivity index (χ2v) is 4.39. The Morgan fingerprint density at radius 1 is 1.32 bits per heavy atom. The van der Waals surface area contributed by atoms with E-state index in [9.17, 15) is 9.90 Å². The minimum atomic E-state index is -0.973. The standard InChI is InChI=1S/C15H15NO3/c1-9-6-10(2)14(13(7-9)19-3)12-8-16-5-4-11(12)15(17)18/h4-8H,1-3H3,(H,17,18). The largest absolute Gasteiger partial charge is 0.496 e. The number of aromatic nitrogens is 1. The number of rotatable bonds is 3. The predicted octanol–water partition coefficient (Wildman–Crippen LogP) is 3.07. The molecule has 0 aliphatic carbocycles. The van der Waals surface area contributed by atoms with E-state index in [0.717, 1.165) is 16.7 Å². The molecule has 4 nitrogen and oxygen atoms in total. The van der Waals surface area contributed by atoms with Gasteiger partial charge in [0, 0.05) is 23.5 Å². The van der Waals surface area contributed by atoms with Crippen LogP contribution in [0.1, 0.15) is 21.5 Å². The molecule has 2 rings (SSSR count). The Labute approximate surface area is 111 Å². The number of aryl methyl sites for hydroxylation is 2. The Morgan fingerprint density at radius 2 is 2.05 bits per heavy atom. The van der Waals surface area contributed by atoms with Gasteiger partial charge in [-0.05, 0) is 37.1 Å². The lowest BCUT2D eigenvalue weighted by Gasteiger charge is -2.14. The second kappa shape index (κ2) is 5.10. The lowest BCUT2D eigenvalue weighted by atomic mass is 9.95. The zero-order chi connectivity index (χ0) is 14.0. The number of hydrogen-bond donors (Lipinski definition) is 1. The number of carboxylic acid groups (broad SMARTS) is 1. The molecule has 0 unspecified atom stereocenters. The molecule has 1 aromatic carbocycles. The zero-order valence-electron chi connectivity index (χ0n) is 11.1. The summed E-state index contributed by atoms with van der Waals surface area (Å²) in [4.78, 5) is 15.3. The summed E-state index contributed by atoms with van der Waals surface area (Å²) < 4.78 is 5.38. The molecule has 0 amide bonds. The molecular weight excluding hydrogens is 242 g/mol. The lowest BCUT2D eigenvalue weighted by Crippen LogP contribution is -2.02. The number of ether oxygens (including phenoxy) is 1. The van der Waals surface area contributed by atoms with E-state index >= 15 is 0 Å². The summed E-state index contributed by atoms with van der Waals surface area (Å²) in [6, 6.07) is 5.38. The Kier molecular flexibility index (Phi) is 3.51. The lowest BCUT2D eigenvalue weighted by molar-refractivity contribution is 0.0697. The van der Waals surface area contributed by atoms with E-state index in [1.54, 1.807) is 13.3 Å². The van der Waals surface area contributed by atoms with Gasteiger partial charge in [0.2, 0.25) is 0 Å². The zero-order valence-corrected chi connectivity index (χ0v) is 11.1. The van der Waals surface area contributed by atoms with Gasteiger partial charge in [-0.1, -0.05) is 6.07 Å². The van der Waals surface area contributed by atoms with Crippen molar-refractivity contribution in [2.75, 3.05) is 7.11 Å². The van der Waals surface area contributed by atoms with Gasteiger partial charge in [0.25, 0.3) is 0 Å². The Morgan fingerprint density at radius 3 is 2.68 bits per heavy atom. The predicted molar refractivity (Wildman–Crippen MR) is 72.7 cm³/mol. The Bertz CT molecular complexity index is 635. The fourth-order valence-electron chi connectivity index (χ4n) is 2.21. The number of pyridine rings is 1. The molecule has 0 radical (unpaired) electrons. The number of methoxy groups -OCH3 is 1. The van der Waals surface area contributed by atoms with Crippen LogP contribution in [0.3, 0.4) is 0 Å². The first-order valence-electron chi connectivity index (χ1n) is 5.87. The van der Waals surface area contributed by atoms with Crippen molar-refractivity contribution in [3.8, 4) is 16.9 Å². The van der Waals surface area contributed by atoms with Gasteiger partial charge in [0.05, 0.1) is 12.7 Å². The van der Waals surface area contributed by atoms with E-state index in [1.807, 2.05) is 26.0 Å². The molecule has 0 atom stereocenters. The molecule has 0 saturated carbocycles. The number of aromatic carboxylic acids is 1. The van der Waals surface area contributed by atoms with Crippen molar-refractivity contribution < 1.29 is 14.6 Å². The third-order valence-corrected chi connectivity index (χ3v) is 2.98. The van der Waals surface area contributed by atoms with Crippen LogP contribution in [0.2, 0.25) is 0 Å². The topological polar surface area (TPSA) is 59.4 Å². The van der Waals surface area contributed by atoms with Gasteiger partial charge < -0.3 is 9.84 Å². The van der Waals surface area contributed by atoms with Crippen LogP contribution >= 0.6 is 0 Å². The maximum Gasteiger partial charge on any atom is 0.336 e. The summed E-state index contributed by atoms with van der Waals surface area (Å²) in [7, 11) is 1.58. The minimum absolute atomic E-state index is 0.222. The highest BCUT2D eigenvalue weighted by Gasteiger charge is 2.17. The highest BCUT2D eigenvalue weighted by molar-refractivity contribution is 5.97. The van der Waals surface area contributed by atoms with Crippen LogP contribution in [0.25, 0.3) is 11.1 Å². The normalized spacial score (nSPS) is 10.3. The number of carboxylic acids is 1. The first-order chi connectivity index (χ1) is 9.04. The van der Waals surface area contributed by atoms with Crippen molar-refractivity contribution in [2.45, 2.75) is 13.8 Å². The monoisotopic (exact) mass is 257 g/mol. The average Bonchev–Trinajstić information content (AvgIpc) is 2.37. The minimum Gasteiger partial charge on any atom is -0.496 e. The summed E-state index contributed by atoms with van der Waals surface area (Å²) in [5.41, 5.74) is 3.61. The average molecular weight is 257 g/mol. The Hall–Kier alpha value is -2.36. The fraction of sp³-hybridized carbons (Fsp3) is 0.200. The molecule has 98 valence electrons. The molecule has 0 saturated heterocycles. The summed E-state index contributed by atoms with van der Waals surface area (Å²) in [6.07, 6.45) is 3.03. The molecule has 0 spiro atoms. The van der Waals surface area contributed by atoms with Crippen LogP contribution in [0.15, 0.2) is 30.6 Å². The van der Waals surface area contributed by atoms with Crippen molar-refractivity contribution in [2.24, 2.45) is 0 Å². The number of benzene rings is 1. The summed E-state index contributed by atoms with van der Waals surface area (Å²) in [6.45, 7) is 3.91. The van der Waals surface area contributed by atoms with E-state index in [1.165, 1.54) is 12.3 Å². The van der Waals surface area contributed by atoms with E-state index in [0.29, 0.717) is 11.3 Å². The van der Waals surface area contributed by atoms with Crippen LogP contribution in [0.5, 0.6) is 5.75 Å². The van der Waals surface area contributed by atoms with Gasteiger partial charge in [0.1, 0.15) is 5.75 Å². The maximum atomic E-state index is 11.3. The molecule has 0 aliphatic rings. The van der Waals surface area contributed by atoms with Crippen LogP contribution in [-0.2, 0) is 0 Å². The molecule has 2 aromatic rings. The first-order valence-corrected chi connectivity index (χ1v) is 5.87. The molecule has 0 bridgehead atoms. The van der Waals surface area contributed by atoms with E-state index in [-0.39, 0.29) is 5.56 Å². The third-order valence-electron chi connectivity index (χ3n) is 2.98. The van der Waals surface area contributed by atoms with Crippen LogP contribution in [0.4, 0.5) is 0 Å². The van der Waals surface area contributed by atoms with Crippen molar-refractivity contribution in [1.82, 2.24) is 4.98 Å². The van der Waals surface area contributed by atoms with Gasteiger partial charge in [0.15, 0.2) is 0 Å². The number of carbonyl (C=O) groups is 1. The first kappa shape index (κ1) is 13.1. The summed E-state index contributed by atoms with van der Waals surface area (Å²) in [5.74, 6) is -0.313. The summed E-state index contributed by atoms with van der Waals surface area (Å²) in [5, 5.41) is 9.27. The molecule has 1 aromatic heterocycles. The highest BCUT2D eigenvalue weighted by Crippen LogP contribution is 2.35. The Balaban J connectivity index is 2.75. The highest BCUT2D eigenvalue weighted by atomic mass is 16.5. The number of nitrogens with zero attached hydrogens (tertiary/aromatic N) is 1. The molecule has 0 aliphatic heterocycles. The van der Waals surface area contributed by atoms with Crippen LogP contribution in [0, 0.1) is 13.8 Å². The van der Waals surface area contributed by atoms with Gasteiger partial charge in [-0.3, -0.25) is 4.98 Å². The van der Waals surface area contributed by atoms with Crippen molar-refractivity contribution in [3.05, 3.63) is 47.3 Å². The SMILES string of the molecule is COc1cc(C)cc(C)c1-c1cnccc1C(=O)O. The molecule has 1 heterocycles. The van der Waals surface area contributed by atoms with Gasteiger partial charge >= 0.3 is 5.97 Å². The molecule has 0 fully saturated rings. The van der Waals surface area contributed by atoms with Crippen LogP contribution in [-0.4, -0.2) is 23.2 Å². The van der Waals surface area contributed by atoms with Gasteiger partial charge in [-0.15, -0.1) is 0 Å². The molecule has 1 N–H and O–H groups in total. The van der Waals surface area contributed by atoms with E-state index < -0.39 is 5.97 Å². The van der Waals surface area contributed by atoms with Crippen molar-refractivity contribution in [1.29, 1.82) is 0 Å². The fourth-order valence-corrected chi connectivity index (χ4v) is 2.21. The molecular formula is C15H15NO3. The van der Waals surface area contributed by atoms with E-state index in [2.05, 4.69) is 4.98 Å². The van der Waals surface area contributed by atoms with E-state index in [4.69, 9.17) is 4.74 Å². The second-order valence-electron chi connectivity index (χ2n) is 4.39. The molecule has 19 heavy (non-hydrogen) atoms. The van der Waals surface area contributed by atoms with Crippen molar-refractivity contribution in [3.63, 3.8) is 0 Å². The molecule has 4 heteroatoms. The van der Waals surface area contributed by atoms with Gasteiger partial charge in [-0.25, -0.2) is 4.79 Å². The van der Waals surface area contributed by atoms with Gasteiger partial charge in [-0.2, -0.15) is 0 Å². The third kappa shape index (κ3) is 2.42. The smallest absolute Gasteiger partial charge is 0.336 e. The number of hydrogen-bond acceptors (Lipinski definition) is 3. The summed E-state index contributed by atoms with van der Waals surface area (Å²) >= 11 is 0.